The van der Waals surface area contributed by atoms with Crippen molar-refractivity contribution in [3.05, 3.63) is 65.7 Å². The first kappa shape index (κ1) is 22.6. The highest BCUT2D eigenvalue weighted by atomic mass is 35.5. The van der Waals surface area contributed by atoms with Crippen molar-refractivity contribution in [3.8, 4) is 0 Å². The summed E-state index contributed by atoms with van der Waals surface area (Å²) in [6, 6.07) is 15.5. The second-order valence-electron chi connectivity index (χ2n) is 7.11. The summed E-state index contributed by atoms with van der Waals surface area (Å²) in [6.07, 6.45) is 0. The van der Waals surface area contributed by atoms with E-state index in [2.05, 4.69) is 46.7 Å². The molecule has 152 valence electrons. The van der Waals surface area contributed by atoms with E-state index in [-0.39, 0.29) is 30.6 Å². The zero-order valence-electron chi connectivity index (χ0n) is 15.9. The average molecular weight is 425 g/mol. The monoisotopic (exact) mass is 424 g/mol. The first-order chi connectivity index (χ1) is 12.7. The molecule has 1 aliphatic heterocycles. The zero-order chi connectivity index (χ0) is 18.1. The van der Waals surface area contributed by atoms with Crippen molar-refractivity contribution in [2.45, 2.75) is 25.9 Å². The molecular weight excluding hydrogens is 398 g/mol. The van der Waals surface area contributed by atoms with Gasteiger partial charge in [-0.3, -0.25) is 4.90 Å². The van der Waals surface area contributed by atoms with Gasteiger partial charge in [-0.1, -0.05) is 30.3 Å². The Morgan fingerprint density at radius 3 is 2.54 bits per heavy atom. The molecule has 7 heteroatoms. The molecule has 0 radical (unpaired) electrons. The molecule has 0 amide bonds. The summed E-state index contributed by atoms with van der Waals surface area (Å²) in [6.45, 7) is 6.33. The molecule has 2 aromatic carbocycles. The average Bonchev–Trinajstić information content (AvgIpc) is 3.22. The molecule has 2 N–H and O–H groups in total. The summed E-state index contributed by atoms with van der Waals surface area (Å²) in [7, 11) is 0. The maximum atomic E-state index is 13.5. The Morgan fingerprint density at radius 2 is 1.86 bits per heavy atom. The number of fused-ring (bicyclic) bond motifs is 1. The summed E-state index contributed by atoms with van der Waals surface area (Å²) in [5.41, 5.74) is 9.15. The molecule has 1 saturated heterocycles. The van der Waals surface area contributed by atoms with E-state index in [1.165, 1.54) is 17.7 Å². The van der Waals surface area contributed by atoms with Crippen molar-refractivity contribution in [2.75, 3.05) is 19.6 Å². The molecule has 0 aliphatic carbocycles. The summed E-state index contributed by atoms with van der Waals surface area (Å²) in [4.78, 5) is 7.14. The number of hydrogen-bond acceptors (Lipinski definition) is 3. The predicted molar refractivity (Wildman–Crippen MR) is 117 cm³/mol. The van der Waals surface area contributed by atoms with Crippen molar-refractivity contribution in [1.82, 2.24) is 14.5 Å². The van der Waals surface area contributed by atoms with E-state index in [4.69, 9.17) is 10.7 Å². The minimum atomic E-state index is -0.238. The number of hydrogen-bond donors (Lipinski definition) is 1. The number of likely N-dealkylation sites (tertiary alicyclic amines) is 1. The van der Waals surface area contributed by atoms with E-state index < -0.39 is 0 Å². The van der Waals surface area contributed by atoms with Crippen molar-refractivity contribution in [3.63, 3.8) is 0 Å². The highest BCUT2D eigenvalue weighted by molar-refractivity contribution is 5.85. The molecule has 3 aromatic rings. The Balaban J connectivity index is 0.00000140. The molecule has 0 unspecified atom stereocenters. The Kier molecular flexibility index (Phi) is 7.84. The molecule has 0 spiro atoms. The van der Waals surface area contributed by atoms with Gasteiger partial charge < -0.3 is 10.3 Å². The van der Waals surface area contributed by atoms with Gasteiger partial charge in [-0.2, -0.15) is 0 Å². The smallest absolute Gasteiger partial charge is 0.125 e. The van der Waals surface area contributed by atoms with Crippen LogP contribution < -0.4 is 5.73 Å². The lowest BCUT2D eigenvalue weighted by Crippen LogP contribution is -2.24. The van der Waals surface area contributed by atoms with Gasteiger partial charge in [0.05, 0.1) is 17.6 Å². The molecule has 1 aromatic heterocycles. The van der Waals surface area contributed by atoms with Gasteiger partial charge in [0.1, 0.15) is 11.6 Å². The van der Waals surface area contributed by atoms with Crippen LogP contribution in [-0.4, -0.2) is 34.1 Å². The van der Waals surface area contributed by atoms with E-state index in [9.17, 15) is 4.39 Å². The first-order valence-electron chi connectivity index (χ1n) is 9.31. The van der Waals surface area contributed by atoms with Crippen LogP contribution in [-0.2, 0) is 13.1 Å². The summed E-state index contributed by atoms with van der Waals surface area (Å²) in [5, 5.41) is 0. The molecule has 0 saturated carbocycles. The minimum absolute atomic E-state index is 0. The van der Waals surface area contributed by atoms with Gasteiger partial charge in [0, 0.05) is 31.6 Å². The third kappa shape index (κ3) is 4.33. The fourth-order valence-corrected chi connectivity index (χ4v) is 4.23. The topological polar surface area (TPSA) is 47.1 Å². The zero-order valence-corrected chi connectivity index (χ0v) is 17.6. The van der Waals surface area contributed by atoms with Crippen molar-refractivity contribution < 1.29 is 4.39 Å². The maximum Gasteiger partial charge on any atom is 0.125 e. The Morgan fingerprint density at radius 1 is 1.11 bits per heavy atom. The lowest BCUT2D eigenvalue weighted by Gasteiger charge is -2.17. The van der Waals surface area contributed by atoms with Crippen molar-refractivity contribution in [1.29, 1.82) is 0 Å². The molecule has 0 bridgehead atoms. The van der Waals surface area contributed by atoms with Gasteiger partial charge >= 0.3 is 0 Å². The minimum Gasteiger partial charge on any atom is -0.330 e. The van der Waals surface area contributed by atoms with Crippen LogP contribution in [0.1, 0.15) is 24.2 Å². The normalized spacial score (nSPS) is 19.4. The predicted octanol–water partition coefficient (Wildman–Crippen LogP) is 4.21. The molecule has 1 fully saturated rings. The number of aromatic nitrogens is 2. The summed E-state index contributed by atoms with van der Waals surface area (Å²) < 4.78 is 15.7. The number of halogens is 3. The Labute approximate surface area is 177 Å². The highest BCUT2D eigenvalue weighted by Crippen LogP contribution is 2.33. The van der Waals surface area contributed by atoms with Crippen LogP contribution in [0.4, 0.5) is 4.39 Å². The quantitative estimate of drug-likeness (QED) is 0.666. The number of rotatable bonds is 5. The largest absolute Gasteiger partial charge is 0.330 e. The van der Waals surface area contributed by atoms with Gasteiger partial charge in [-0.25, -0.2) is 9.37 Å². The standard InChI is InChI=1S/C21H25FN4.2ClH/c1-2-26-20-9-8-17(22)10-19(20)24-21(26)14-25-12-16(11-23)18(13-25)15-6-4-3-5-7-15;;/h3-10,16,18H,2,11-14,23H2,1H3;2*1H/t16-,18+;;/m1../s1. The van der Waals surface area contributed by atoms with Gasteiger partial charge in [0.25, 0.3) is 0 Å². The number of nitrogens with two attached hydrogens (primary N) is 1. The molecule has 28 heavy (non-hydrogen) atoms. The van der Waals surface area contributed by atoms with Gasteiger partial charge in [-0.05, 0) is 37.1 Å². The second-order valence-corrected chi connectivity index (χ2v) is 7.11. The van der Waals surface area contributed by atoms with Crippen LogP contribution >= 0.6 is 24.8 Å². The van der Waals surface area contributed by atoms with Crippen molar-refractivity contribution in [2.24, 2.45) is 11.7 Å². The third-order valence-electron chi connectivity index (χ3n) is 5.52. The summed E-state index contributed by atoms with van der Waals surface area (Å²) in [5.74, 6) is 1.67. The number of benzene rings is 2. The summed E-state index contributed by atoms with van der Waals surface area (Å²) >= 11 is 0. The van der Waals surface area contributed by atoms with Crippen LogP contribution in [0.5, 0.6) is 0 Å². The second kappa shape index (κ2) is 9.70. The number of imidazole rings is 1. The van der Waals surface area contributed by atoms with Crippen LogP contribution in [0.25, 0.3) is 11.0 Å². The number of nitrogens with zero attached hydrogens (tertiary/aromatic N) is 3. The van der Waals surface area contributed by atoms with Gasteiger partial charge in [-0.15, -0.1) is 24.8 Å². The Hall–Kier alpha value is -1.66. The fraction of sp³-hybridized carbons (Fsp3) is 0.381. The first-order valence-corrected chi connectivity index (χ1v) is 9.31. The van der Waals surface area contributed by atoms with E-state index in [0.717, 1.165) is 43.0 Å². The van der Waals surface area contributed by atoms with Crippen LogP contribution in [0, 0.1) is 11.7 Å². The molecule has 4 rings (SSSR count). The molecule has 4 nitrogen and oxygen atoms in total. The molecule has 2 heterocycles. The van der Waals surface area contributed by atoms with E-state index >= 15 is 0 Å². The number of aryl methyl sites for hydroxylation is 1. The molecule has 1 aliphatic rings. The Bertz CT molecular complexity index is 900. The molecular formula is C21H27Cl2FN4. The SMILES string of the molecule is CCn1c(CN2C[C@@H](CN)[C@H](c3ccccc3)C2)nc2cc(F)ccc21.Cl.Cl. The molecule has 2 atom stereocenters. The third-order valence-corrected chi connectivity index (χ3v) is 5.52. The highest BCUT2D eigenvalue weighted by Gasteiger charge is 2.33. The lowest BCUT2D eigenvalue weighted by atomic mass is 9.89. The van der Waals surface area contributed by atoms with E-state index in [1.807, 2.05) is 6.07 Å². The van der Waals surface area contributed by atoms with Crippen LogP contribution in [0.15, 0.2) is 48.5 Å². The van der Waals surface area contributed by atoms with Gasteiger partial charge in [0.2, 0.25) is 0 Å². The van der Waals surface area contributed by atoms with Crippen LogP contribution in [0.3, 0.4) is 0 Å². The van der Waals surface area contributed by atoms with Crippen LogP contribution in [0.2, 0.25) is 0 Å². The fourth-order valence-electron chi connectivity index (χ4n) is 4.23. The maximum absolute atomic E-state index is 13.5. The van der Waals surface area contributed by atoms with E-state index in [1.54, 1.807) is 0 Å². The van der Waals surface area contributed by atoms with E-state index in [0.29, 0.717) is 18.4 Å². The van der Waals surface area contributed by atoms with Gasteiger partial charge in [0.15, 0.2) is 0 Å². The van der Waals surface area contributed by atoms with Crippen molar-refractivity contribution >= 4 is 35.8 Å². The lowest BCUT2D eigenvalue weighted by molar-refractivity contribution is 0.304.